The van der Waals surface area contributed by atoms with Gasteiger partial charge in [-0.3, -0.25) is 4.90 Å². The summed E-state index contributed by atoms with van der Waals surface area (Å²) in [7, 11) is 1.65. The molecule has 0 bridgehead atoms. The van der Waals surface area contributed by atoms with Gasteiger partial charge in [-0.05, 0) is 56.3 Å². The van der Waals surface area contributed by atoms with Crippen LogP contribution in [-0.4, -0.2) is 98.6 Å². The van der Waals surface area contributed by atoms with E-state index in [4.69, 9.17) is 19.4 Å². The topological polar surface area (TPSA) is 115 Å². The van der Waals surface area contributed by atoms with E-state index in [0.717, 1.165) is 88.2 Å². The lowest BCUT2D eigenvalue weighted by Crippen LogP contribution is -2.60. The Labute approximate surface area is 246 Å². The first-order valence-corrected chi connectivity index (χ1v) is 14.9. The molecule has 4 aliphatic rings. The fourth-order valence-electron chi connectivity index (χ4n) is 6.62. The van der Waals surface area contributed by atoms with Crippen molar-refractivity contribution in [3.8, 4) is 23.2 Å². The lowest BCUT2D eigenvalue weighted by atomic mass is 9.72. The highest BCUT2D eigenvalue weighted by molar-refractivity contribution is 5.71. The van der Waals surface area contributed by atoms with Crippen molar-refractivity contribution in [1.82, 2.24) is 25.2 Å². The summed E-state index contributed by atoms with van der Waals surface area (Å²) in [5.74, 6) is 1.61. The molecule has 0 saturated carbocycles. The van der Waals surface area contributed by atoms with E-state index in [1.54, 1.807) is 13.3 Å². The van der Waals surface area contributed by atoms with Crippen LogP contribution in [-0.2, 0) is 4.74 Å². The van der Waals surface area contributed by atoms with Gasteiger partial charge in [0.05, 0.1) is 43.3 Å². The number of anilines is 4. The highest BCUT2D eigenvalue weighted by Gasteiger charge is 2.44. The van der Waals surface area contributed by atoms with Crippen LogP contribution >= 0.6 is 0 Å². The first kappa shape index (κ1) is 26.9. The number of rotatable bonds is 7. The van der Waals surface area contributed by atoms with Gasteiger partial charge >= 0.3 is 0 Å². The highest BCUT2D eigenvalue weighted by atomic mass is 16.5. The zero-order chi connectivity index (χ0) is 28.5. The molecule has 1 aromatic carbocycles. The molecule has 11 heteroatoms. The molecule has 0 aliphatic carbocycles. The van der Waals surface area contributed by atoms with Gasteiger partial charge in [-0.25, -0.2) is 9.97 Å². The van der Waals surface area contributed by atoms with E-state index in [1.165, 1.54) is 12.8 Å². The largest absolute Gasteiger partial charge is 0.479 e. The fourth-order valence-corrected chi connectivity index (χ4v) is 6.62. The molecule has 6 heterocycles. The number of benzene rings is 1. The van der Waals surface area contributed by atoms with Crippen LogP contribution in [0.2, 0.25) is 0 Å². The van der Waals surface area contributed by atoms with Crippen LogP contribution < -0.4 is 25.2 Å². The van der Waals surface area contributed by atoms with Crippen LogP contribution in [0.3, 0.4) is 0 Å². The Balaban J connectivity index is 1.03. The summed E-state index contributed by atoms with van der Waals surface area (Å²) < 4.78 is 11.0. The van der Waals surface area contributed by atoms with Gasteiger partial charge in [-0.1, -0.05) is 6.07 Å². The molecule has 2 N–H and O–H groups in total. The normalized spacial score (nSPS) is 20.5. The molecule has 7 rings (SSSR count). The molecule has 0 amide bonds. The minimum atomic E-state index is 0.402. The zero-order valence-electron chi connectivity index (χ0n) is 24.1. The van der Waals surface area contributed by atoms with Gasteiger partial charge in [-0.2, -0.15) is 10.2 Å². The van der Waals surface area contributed by atoms with Crippen LogP contribution in [0.4, 0.5) is 23.1 Å². The maximum absolute atomic E-state index is 9.96. The summed E-state index contributed by atoms with van der Waals surface area (Å²) in [6.07, 6.45) is 4.13. The molecular formula is C31H37N9O2. The maximum atomic E-state index is 9.96. The van der Waals surface area contributed by atoms with Crippen LogP contribution in [0.15, 0.2) is 42.6 Å². The fraction of sp³-hybridized carbons (Fsp3) is 0.484. The zero-order valence-corrected chi connectivity index (χ0v) is 24.1. The molecule has 11 nitrogen and oxygen atoms in total. The molecule has 218 valence electrons. The third kappa shape index (κ3) is 5.22. The van der Waals surface area contributed by atoms with Crippen LogP contribution in [0.5, 0.6) is 5.88 Å². The molecule has 42 heavy (non-hydrogen) atoms. The Morgan fingerprint density at radius 2 is 1.79 bits per heavy atom. The highest BCUT2D eigenvalue weighted by Crippen LogP contribution is 2.42. The number of piperazine rings is 1. The van der Waals surface area contributed by atoms with Crippen molar-refractivity contribution in [2.24, 2.45) is 5.41 Å². The van der Waals surface area contributed by atoms with Crippen LogP contribution in [0.25, 0.3) is 11.3 Å². The predicted octanol–water partition coefficient (Wildman–Crippen LogP) is 2.87. The quantitative estimate of drug-likeness (QED) is 0.439. The molecule has 4 saturated heterocycles. The van der Waals surface area contributed by atoms with Gasteiger partial charge in [0.15, 0.2) is 0 Å². The SMILES string of the molecule is COc1nc(Nc2nccc(-c3ccc(N4CC5(CCNCC5)C4)c(C#N)c3)n2)ccc1N1CCN(C2COC2)CC1. The van der Waals surface area contributed by atoms with E-state index in [-0.39, 0.29) is 0 Å². The van der Waals surface area contributed by atoms with Crippen molar-refractivity contribution in [3.05, 3.63) is 48.2 Å². The second-order valence-corrected chi connectivity index (χ2v) is 11.8. The Kier molecular flexibility index (Phi) is 7.27. The van der Waals surface area contributed by atoms with Crippen molar-refractivity contribution in [2.75, 3.05) is 87.8 Å². The van der Waals surface area contributed by atoms with Gasteiger partial charge in [0.1, 0.15) is 17.6 Å². The van der Waals surface area contributed by atoms with E-state index in [0.29, 0.717) is 34.7 Å². The molecule has 0 unspecified atom stereocenters. The smallest absolute Gasteiger partial charge is 0.239 e. The van der Waals surface area contributed by atoms with Crippen molar-refractivity contribution in [2.45, 2.75) is 18.9 Å². The Morgan fingerprint density at radius 1 is 1.00 bits per heavy atom. The van der Waals surface area contributed by atoms with E-state index in [9.17, 15) is 5.26 Å². The van der Waals surface area contributed by atoms with E-state index in [2.05, 4.69) is 42.5 Å². The summed E-state index contributed by atoms with van der Waals surface area (Å²) in [6.45, 7) is 9.75. The summed E-state index contributed by atoms with van der Waals surface area (Å²) in [4.78, 5) is 21.0. The van der Waals surface area contributed by atoms with Gasteiger partial charge in [0.25, 0.3) is 0 Å². The number of hydrogen-bond donors (Lipinski definition) is 2. The number of nitriles is 1. The molecule has 3 aromatic rings. The number of aromatic nitrogens is 3. The minimum absolute atomic E-state index is 0.402. The maximum Gasteiger partial charge on any atom is 0.239 e. The lowest BCUT2D eigenvalue weighted by Gasteiger charge is -2.53. The number of pyridine rings is 1. The molecule has 1 spiro atoms. The third-order valence-corrected chi connectivity index (χ3v) is 9.19. The predicted molar refractivity (Wildman–Crippen MR) is 161 cm³/mol. The lowest BCUT2D eigenvalue weighted by molar-refractivity contribution is -0.0660. The van der Waals surface area contributed by atoms with E-state index < -0.39 is 0 Å². The summed E-state index contributed by atoms with van der Waals surface area (Å²) in [5.41, 5.74) is 4.69. The average Bonchev–Trinajstić information content (AvgIpc) is 2.99. The van der Waals surface area contributed by atoms with Gasteiger partial charge in [-0.15, -0.1) is 0 Å². The van der Waals surface area contributed by atoms with Crippen molar-refractivity contribution < 1.29 is 9.47 Å². The molecule has 4 aliphatic heterocycles. The average molecular weight is 568 g/mol. The molecule has 2 aromatic heterocycles. The second-order valence-electron chi connectivity index (χ2n) is 11.8. The first-order valence-electron chi connectivity index (χ1n) is 14.9. The number of nitrogens with zero attached hydrogens (tertiary/aromatic N) is 7. The summed E-state index contributed by atoms with van der Waals surface area (Å²) in [6, 6.07) is 14.8. The minimum Gasteiger partial charge on any atom is -0.479 e. The number of nitrogens with one attached hydrogen (secondary N) is 2. The van der Waals surface area contributed by atoms with Crippen molar-refractivity contribution >= 4 is 23.1 Å². The van der Waals surface area contributed by atoms with Gasteiger partial charge in [0.2, 0.25) is 11.8 Å². The Bertz CT molecular complexity index is 1470. The van der Waals surface area contributed by atoms with Gasteiger partial charge in [0, 0.05) is 56.4 Å². The molecular weight excluding hydrogens is 530 g/mol. The van der Waals surface area contributed by atoms with E-state index >= 15 is 0 Å². The third-order valence-electron chi connectivity index (χ3n) is 9.19. The monoisotopic (exact) mass is 567 g/mol. The second kappa shape index (κ2) is 11.4. The van der Waals surface area contributed by atoms with Crippen LogP contribution in [0, 0.1) is 16.7 Å². The molecule has 4 fully saturated rings. The van der Waals surface area contributed by atoms with Crippen molar-refractivity contribution in [3.63, 3.8) is 0 Å². The molecule has 0 atom stereocenters. The Morgan fingerprint density at radius 3 is 2.50 bits per heavy atom. The first-order chi connectivity index (χ1) is 20.6. The number of ether oxygens (including phenoxy) is 2. The van der Waals surface area contributed by atoms with Gasteiger partial charge < -0.3 is 29.9 Å². The van der Waals surface area contributed by atoms with E-state index in [1.807, 2.05) is 30.3 Å². The standard InChI is InChI=1S/C31H37N9O2/c1-41-29-27(39-14-12-38(13-15-39)24-18-42-19-24)4-5-28(36-29)37-30-34-9-6-25(35-30)22-2-3-26(23(16-22)17-32)40-20-31(21-40)7-10-33-11-8-31/h2-6,9,16,24,33H,7-8,10-15,18-21H2,1H3,(H,34,35,36,37). The van der Waals surface area contributed by atoms with Crippen molar-refractivity contribution in [1.29, 1.82) is 5.26 Å². The summed E-state index contributed by atoms with van der Waals surface area (Å²) in [5, 5.41) is 16.7. The number of methoxy groups -OCH3 is 1. The number of piperidine rings is 1. The van der Waals surface area contributed by atoms with Crippen LogP contribution in [0.1, 0.15) is 18.4 Å². The number of hydrogen-bond acceptors (Lipinski definition) is 11. The Hall–Kier alpha value is -3.98. The summed E-state index contributed by atoms with van der Waals surface area (Å²) >= 11 is 0. The molecule has 0 radical (unpaired) electrons.